The number of hydrogen-bond donors (Lipinski definition) is 1. The first-order chi connectivity index (χ1) is 9.16. The van der Waals surface area contributed by atoms with Crippen molar-refractivity contribution < 1.29 is 4.39 Å². The Bertz CT molecular complexity index is 508. The molecule has 1 unspecified atom stereocenters. The molecule has 0 saturated carbocycles. The Morgan fingerprint density at radius 3 is 2.95 bits per heavy atom. The largest absolute Gasteiger partial charge is 0.337 e. The second-order valence-corrected chi connectivity index (χ2v) is 4.84. The predicted octanol–water partition coefficient (Wildman–Crippen LogP) is 3.07. The lowest BCUT2D eigenvalue weighted by Crippen LogP contribution is -2.21. The molecule has 0 spiro atoms. The van der Waals surface area contributed by atoms with Gasteiger partial charge in [-0.2, -0.15) is 0 Å². The topological polar surface area (TPSA) is 29.9 Å². The maximum Gasteiger partial charge on any atom is 0.126 e. The molecule has 19 heavy (non-hydrogen) atoms. The van der Waals surface area contributed by atoms with E-state index in [9.17, 15) is 4.39 Å². The van der Waals surface area contributed by atoms with E-state index in [1.54, 1.807) is 19.2 Å². The van der Waals surface area contributed by atoms with Gasteiger partial charge in [0.1, 0.15) is 5.82 Å². The molecule has 0 bridgehead atoms. The second-order valence-electron chi connectivity index (χ2n) is 4.84. The monoisotopic (exact) mass is 261 g/mol. The zero-order valence-corrected chi connectivity index (χ0v) is 11.4. The molecule has 4 heteroatoms. The number of nitrogens with one attached hydrogen (secondary N) is 1. The SMILES string of the molecule is Cc1ccc(C(C)NCCCn2ccnc2)cc1F. The molecule has 2 aromatic rings. The molecule has 2 rings (SSSR count). The highest BCUT2D eigenvalue weighted by Crippen LogP contribution is 2.16. The summed E-state index contributed by atoms with van der Waals surface area (Å²) in [5.74, 6) is -0.135. The van der Waals surface area contributed by atoms with Crippen LogP contribution in [-0.2, 0) is 6.54 Å². The number of aryl methyl sites for hydroxylation is 2. The van der Waals surface area contributed by atoms with Crippen LogP contribution in [0.4, 0.5) is 4.39 Å². The van der Waals surface area contributed by atoms with Crippen LogP contribution in [0.1, 0.15) is 30.5 Å². The van der Waals surface area contributed by atoms with Crippen molar-refractivity contribution in [2.24, 2.45) is 0 Å². The van der Waals surface area contributed by atoms with Crippen molar-refractivity contribution >= 4 is 0 Å². The number of hydrogen-bond acceptors (Lipinski definition) is 2. The lowest BCUT2D eigenvalue weighted by atomic mass is 10.1. The summed E-state index contributed by atoms with van der Waals surface area (Å²) in [5.41, 5.74) is 1.68. The number of imidazole rings is 1. The van der Waals surface area contributed by atoms with Crippen molar-refractivity contribution in [1.82, 2.24) is 14.9 Å². The van der Waals surface area contributed by atoms with E-state index in [1.165, 1.54) is 0 Å². The molecule has 1 atom stereocenters. The first kappa shape index (κ1) is 13.7. The van der Waals surface area contributed by atoms with Crippen molar-refractivity contribution in [3.8, 4) is 0 Å². The van der Waals surface area contributed by atoms with E-state index < -0.39 is 0 Å². The fourth-order valence-corrected chi connectivity index (χ4v) is 2.00. The van der Waals surface area contributed by atoms with Gasteiger partial charge >= 0.3 is 0 Å². The Morgan fingerprint density at radius 2 is 2.26 bits per heavy atom. The average Bonchev–Trinajstić information content (AvgIpc) is 2.91. The lowest BCUT2D eigenvalue weighted by molar-refractivity contribution is 0.523. The van der Waals surface area contributed by atoms with Gasteiger partial charge in [0, 0.05) is 25.0 Å². The summed E-state index contributed by atoms with van der Waals surface area (Å²) in [4.78, 5) is 4.00. The van der Waals surface area contributed by atoms with Crippen LogP contribution in [0.2, 0.25) is 0 Å². The van der Waals surface area contributed by atoms with Crippen LogP contribution < -0.4 is 5.32 Å². The van der Waals surface area contributed by atoms with Crippen LogP contribution in [0, 0.1) is 12.7 Å². The Balaban J connectivity index is 1.77. The first-order valence-electron chi connectivity index (χ1n) is 6.62. The molecule has 0 aliphatic heterocycles. The van der Waals surface area contributed by atoms with E-state index in [2.05, 4.69) is 21.8 Å². The van der Waals surface area contributed by atoms with E-state index in [0.29, 0.717) is 5.56 Å². The molecule has 1 N–H and O–H groups in total. The third-order valence-electron chi connectivity index (χ3n) is 3.30. The van der Waals surface area contributed by atoms with Crippen molar-refractivity contribution in [1.29, 1.82) is 0 Å². The Labute approximate surface area is 113 Å². The normalized spacial score (nSPS) is 12.6. The second kappa shape index (κ2) is 6.48. The fourth-order valence-electron chi connectivity index (χ4n) is 2.00. The van der Waals surface area contributed by atoms with Crippen molar-refractivity contribution in [3.05, 3.63) is 53.9 Å². The summed E-state index contributed by atoms with van der Waals surface area (Å²) < 4.78 is 15.5. The minimum atomic E-state index is -0.135. The van der Waals surface area contributed by atoms with E-state index in [4.69, 9.17) is 0 Å². The van der Waals surface area contributed by atoms with Gasteiger partial charge in [-0.25, -0.2) is 9.37 Å². The number of benzene rings is 1. The third kappa shape index (κ3) is 3.89. The molecule has 0 amide bonds. The molecular formula is C15H20FN3. The smallest absolute Gasteiger partial charge is 0.126 e. The summed E-state index contributed by atoms with van der Waals surface area (Å²) >= 11 is 0. The molecule has 102 valence electrons. The Kier molecular flexibility index (Phi) is 4.68. The number of aromatic nitrogens is 2. The van der Waals surface area contributed by atoms with Crippen LogP contribution in [0.15, 0.2) is 36.9 Å². The van der Waals surface area contributed by atoms with Gasteiger partial charge in [0.25, 0.3) is 0 Å². The fraction of sp³-hybridized carbons (Fsp3) is 0.400. The molecule has 0 aliphatic rings. The number of nitrogens with zero attached hydrogens (tertiary/aromatic N) is 2. The third-order valence-corrected chi connectivity index (χ3v) is 3.30. The molecule has 0 saturated heterocycles. The summed E-state index contributed by atoms with van der Waals surface area (Å²) in [6.45, 7) is 5.68. The molecule has 1 heterocycles. The zero-order valence-electron chi connectivity index (χ0n) is 11.4. The first-order valence-corrected chi connectivity index (χ1v) is 6.62. The van der Waals surface area contributed by atoms with Gasteiger partial charge in [-0.1, -0.05) is 12.1 Å². The zero-order chi connectivity index (χ0) is 13.7. The van der Waals surface area contributed by atoms with Gasteiger partial charge in [-0.05, 0) is 44.0 Å². The van der Waals surface area contributed by atoms with E-state index in [0.717, 1.165) is 25.1 Å². The van der Waals surface area contributed by atoms with Crippen molar-refractivity contribution in [2.45, 2.75) is 32.9 Å². The van der Waals surface area contributed by atoms with Gasteiger partial charge in [-0.3, -0.25) is 0 Å². The molecular weight excluding hydrogens is 241 g/mol. The Morgan fingerprint density at radius 1 is 1.42 bits per heavy atom. The van der Waals surface area contributed by atoms with E-state index in [-0.39, 0.29) is 11.9 Å². The summed E-state index contributed by atoms with van der Waals surface area (Å²) in [6, 6.07) is 5.58. The van der Waals surface area contributed by atoms with Crippen LogP contribution >= 0.6 is 0 Å². The van der Waals surface area contributed by atoms with Gasteiger partial charge in [-0.15, -0.1) is 0 Å². The van der Waals surface area contributed by atoms with Gasteiger partial charge < -0.3 is 9.88 Å². The highest BCUT2D eigenvalue weighted by molar-refractivity contribution is 5.25. The highest BCUT2D eigenvalue weighted by atomic mass is 19.1. The van der Waals surface area contributed by atoms with Crippen LogP contribution in [0.3, 0.4) is 0 Å². The molecule has 1 aromatic heterocycles. The van der Waals surface area contributed by atoms with E-state index >= 15 is 0 Å². The van der Waals surface area contributed by atoms with Crippen molar-refractivity contribution in [3.63, 3.8) is 0 Å². The lowest BCUT2D eigenvalue weighted by Gasteiger charge is -2.15. The molecule has 0 radical (unpaired) electrons. The molecule has 0 fully saturated rings. The van der Waals surface area contributed by atoms with Gasteiger partial charge in [0.05, 0.1) is 6.33 Å². The minimum absolute atomic E-state index is 0.135. The van der Waals surface area contributed by atoms with Gasteiger partial charge in [0.2, 0.25) is 0 Å². The van der Waals surface area contributed by atoms with Crippen LogP contribution in [0.25, 0.3) is 0 Å². The average molecular weight is 261 g/mol. The molecule has 0 aliphatic carbocycles. The molecule has 3 nitrogen and oxygen atoms in total. The molecule has 1 aromatic carbocycles. The van der Waals surface area contributed by atoms with Crippen LogP contribution in [0.5, 0.6) is 0 Å². The summed E-state index contributed by atoms with van der Waals surface area (Å²) in [7, 11) is 0. The van der Waals surface area contributed by atoms with Crippen LogP contribution in [-0.4, -0.2) is 16.1 Å². The standard InChI is InChI=1S/C15H20FN3/c1-12-4-5-14(10-15(12)16)13(2)18-6-3-8-19-9-7-17-11-19/h4-5,7,9-11,13,18H,3,6,8H2,1-2H3. The minimum Gasteiger partial charge on any atom is -0.337 e. The quantitative estimate of drug-likeness (QED) is 0.810. The van der Waals surface area contributed by atoms with Crippen molar-refractivity contribution in [2.75, 3.05) is 6.54 Å². The summed E-state index contributed by atoms with van der Waals surface area (Å²) in [6.07, 6.45) is 6.58. The highest BCUT2D eigenvalue weighted by Gasteiger charge is 2.06. The maximum absolute atomic E-state index is 13.5. The maximum atomic E-state index is 13.5. The Hall–Kier alpha value is -1.68. The van der Waals surface area contributed by atoms with Gasteiger partial charge in [0.15, 0.2) is 0 Å². The predicted molar refractivity (Wildman–Crippen MR) is 74.4 cm³/mol. The number of rotatable bonds is 6. The summed E-state index contributed by atoms with van der Waals surface area (Å²) in [5, 5.41) is 3.41. The van der Waals surface area contributed by atoms with E-state index in [1.807, 2.05) is 24.7 Å². The number of halogens is 1.